The summed E-state index contributed by atoms with van der Waals surface area (Å²) in [4.78, 5) is 36.4. The summed E-state index contributed by atoms with van der Waals surface area (Å²) in [6.45, 7) is 2.30. The lowest BCUT2D eigenvalue weighted by Gasteiger charge is -2.27. The number of carbonyl (C=O) groups excluding carboxylic acids is 3. The molecular weight excluding hydrogens is 272 g/mol. The summed E-state index contributed by atoms with van der Waals surface area (Å²) in [5, 5.41) is 2.26. The Balaban J connectivity index is 1.76. The summed E-state index contributed by atoms with van der Waals surface area (Å²) >= 11 is 0. The van der Waals surface area contributed by atoms with Gasteiger partial charge in [0, 0.05) is 6.42 Å². The van der Waals surface area contributed by atoms with Gasteiger partial charge in [-0.25, -0.2) is 4.79 Å². The first kappa shape index (κ1) is 13.6. The van der Waals surface area contributed by atoms with E-state index in [1.54, 1.807) is 0 Å². The van der Waals surface area contributed by atoms with E-state index < -0.39 is 18.0 Å². The SMILES string of the molecule is Cc1cccc([C@H]2CN(C3CCC(=O)NC3=O)C(=O)O2)c1. The second-order valence-corrected chi connectivity index (χ2v) is 5.41. The molecule has 3 amide bonds. The molecule has 1 aromatic carbocycles. The van der Waals surface area contributed by atoms with E-state index in [2.05, 4.69) is 5.32 Å². The molecule has 0 aromatic heterocycles. The molecule has 2 heterocycles. The number of amides is 3. The summed E-state index contributed by atoms with van der Waals surface area (Å²) in [7, 11) is 0. The van der Waals surface area contributed by atoms with Gasteiger partial charge in [-0.05, 0) is 18.9 Å². The largest absolute Gasteiger partial charge is 0.439 e. The summed E-state index contributed by atoms with van der Waals surface area (Å²) in [5.41, 5.74) is 2.00. The van der Waals surface area contributed by atoms with Crippen LogP contribution in [-0.2, 0) is 14.3 Å². The van der Waals surface area contributed by atoms with Gasteiger partial charge in [-0.2, -0.15) is 0 Å². The number of carbonyl (C=O) groups is 3. The fraction of sp³-hybridized carbons (Fsp3) is 0.400. The van der Waals surface area contributed by atoms with Gasteiger partial charge in [0.15, 0.2) is 0 Å². The molecule has 6 nitrogen and oxygen atoms in total. The molecule has 6 heteroatoms. The number of hydrogen-bond donors (Lipinski definition) is 1. The summed E-state index contributed by atoms with van der Waals surface area (Å²) in [6, 6.07) is 7.13. The molecule has 0 aliphatic carbocycles. The van der Waals surface area contributed by atoms with Crippen LogP contribution in [0.15, 0.2) is 24.3 Å². The lowest BCUT2D eigenvalue weighted by molar-refractivity contribution is -0.136. The molecule has 1 aromatic rings. The van der Waals surface area contributed by atoms with Crippen LogP contribution in [-0.4, -0.2) is 35.4 Å². The Morgan fingerprint density at radius 1 is 1.29 bits per heavy atom. The summed E-state index contributed by atoms with van der Waals surface area (Å²) in [6.07, 6.45) is -0.283. The minimum atomic E-state index is -0.620. The van der Waals surface area contributed by atoms with Gasteiger partial charge >= 0.3 is 6.09 Å². The molecule has 0 saturated carbocycles. The van der Waals surface area contributed by atoms with E-state index in [9.17, 15) is 14.4 Å². The average molecular weight is 288 g/mol. The molecule has 2 aliphatic rings. The van der Waals surface area contributed by atoms with E-state index in [1.807, 2.05) is 31.2 Å². The number of rotatable bonds is 2. The van der Waals surface area contributed by atoms with Gasteiger partial charge < -0.3 is 4.74 Å². The molecule has 0 bridgehead atoms. The lowest BCUT2D eigenvalue weighted by atomic mass is 10.0. The number of cyclic esters (lactones) is 1. The molecule has 2 fully saturated rings. The lowest BCUT2D eigenvalue weighted by Crippen LogP contribution is -2.52. The highest BCUT2D eigenvalue weighted by Crippen LogP contribution is 2.29. The van der Waals surface area contributed by atoms with Crippen molar-refractivity contribution in [2.24, 2.45) is 0 Å². The summed E-state index contributed by atoms with van der Waals surface area (Å²) < 4.78 is 5.37. The highest BCUT2D eigenvalue weighted by molar-refractivity contribution is 6.01. The van der Waals surface area contributed by atoms with Crippen molar-refractivity contribution < 1.29 is 19.1 Å². The third kappa shape index (κ3) is 2.61. The van der Waals surface area contributed by atoms with Crippen molar-refractivity contribution >= 4 is 17.9 Å². The normalized spacial score (nSPS) is 25.8. The number of imide groups is 1. The van der Waals surface area contributed by atoms with E-state index in [1.165, 1.54) is 4.90 Å². The van der Waals surface area contributed by atoms with Crippen molar-refractivity contribution in [3.63, 3.8) is 0 Å². The van der Waals surface area contributed by atoms with Crippen LogP contribution in [0.2, 0.25) is 0 Å². The van der Waals surface area contributed by atoms with Crippen molar-refractivity contribution in [1.82, 2.24) is 10.2 Å². The van der Waals surface area contributed by atoms with Gasteiger partial charge in [0.25, 0.3) is 0 Å². The maximum absolute atomic E-state index is 12.0. The van der Waals surface area contributed by atoms with E-state index >= 15 is 0 Å². The Morgan fingerprint density at radius 3 is 2.81 bits per heavy atom. The van der Waals surface area contributed by atoms with Crippen molar-refractivity contribution in [3.05, 3.63) is 35.4 Å². The quantitative estimate of drug-likeness (QED) is 0.832. The second-order valence-electron chi connectivity index (χ2n) is 5.41. The number of nitrogens with one attached hydrogen (secondary N) is 1. The van der Waals surface area contributed by atoms with Gasteiger partial charge in [0.05, 0.1) is 6.54 Å². The van der Waals surface area contributed by atoms with Crippen LogP contribution < -0.4 is 5.32 Å². The Labute approximate surface area is 122 Å². The van der Waals surface area contributed by atoms with Gasteiger partial charge in [0.1, 0.15) is 12.1 Å². The van der Waals surface area contributed by atoms with Gasteiger partial charge in [-0.15, -0.1) is 0 Å². The fourth-order valence-electron chi connectivity index (χ4n) is 2.76. The Morgan fingerprint density at radius 2 is 2.10 bits per heavy atom. The summed E-state index contributed by atoms with van der Waals surface area (Å²) in [5.74, 6) is -0.716. The van der Waals surface area contributed by atoms with Crippen molar-refractivity contribution in [3.8, 4) is 0 Å². The second kappa shape index (κ2) is 5.20. The first-order valence-electron chi connectivity index (χ1n) is 6.92. The van der Waals surface area contributed by atoms with Crippen LogP contribution in [0.5, 0.6) is 0 Å². The molecule has 21 heavy (non-hydrogen) atoms. The fourth-order valence-corrected chi connectivity index (χ4v) is 2.76. The molecule has 2 atom stereocenters. The molecular formula is C15H16N2O4. The number of piperidine rings is 1. The smallest absolute Gasteiger partial charge is 0.411 e. The minimum Gasteiger partial charge on any atom is -0.439 e. The average Bonchev–Trinajstić information content (AvgIpc) is 2.81. The van der Waals surface area contributed by atoms with Crippen molar-refractivity contribution in [2.75, 3.05) is 6.54 Å². The monoisotopic (exact) mass is 288 g/mol. The van der Waals surface area contributed by atoms with E-state index in [-0.39, 0.29) is 18.4 Å². The van der Waals surface area contributed by atoms with E-state index in [0.29, 0.717) is 13.0 Å². The van der Waals surface area contributed by atoms with Crippen molar-refractivity contribution in [2.45, 2.75) is 31.9 Å². The highest BCUT2D eigenvalue weighted by atomic mass is 16.6. The van der Waals surface area contributed by atoms with Crippen molar-refractivity contribution in [1.29, 1.82) is 0 Å². The Bertz CT molecular complexity index is 613. The van der Waals surface area contributed by atoms with Crippen LogP contribution in [0.1, 0.15) is 30.1 Å². The zero-order chi connectivity index (χ0) is 15.0. The van der Waals surface area contributed by atoms with Crippen LogP contribution >= 0.6 is 0 Å². The number of hydrogen-bond acceptors (Lipinski definition) is 4. The standard InChI is InChI=1S/C15H16N2O4/c1-9-3-2-4-10(7-9)12-8-17(15(20)21-12)11-5-6-13(18)16-14(11)19/h2-4,7,11-12H,5-6,8H2,1H3,(H,16,18,19)/t11?,12-/m1/s1. The molecule has 1 unspecified atom stereocenters. The third-order valence-corrected chi connectivity index (χ3v) is 3.84. The highest BCUT2D eigenvalue weighted by Gasteiger charge is 2.41. The van der Waals surface area contributed by atoms with E-state index in [0.717, 1.165) is 11.1 Å². The Hall–Kier alpha value is -2.37. The topological polar surface area (TPSA) is 75.7 Å². The van der Waals surface area contributed by atoms with Crippen LogP contribution in [0.25, 0.3) is 0 Å². The molecule has 2 saturated heterocycles. The Kier molecular flexibility index (Phi) is 3.37. The molecule has 110 valence electrons. The van der Waals surface area contributed by atoms with Gasteiger partial charge in [-0.1, -0.05) is 29.8 Å². The molecule has 1 N–H and O–H groups in total. The zero-order valence-electron chi connectivity index (χ0n) is 11.7. The molecule has 0 spiro atoms. The number of nitrogens with zero attached hydrogens (tertiary/aromatic N) is 1. The third-order valence-electron chi connectivity index (χ3n) is 3.84. The number of aryl methyl sites for hydroxylation is 1. The van der Waals surface area contributed by atoms with E-state index in [4.69, 9.17) is 4.74 Å². The maximum Gasteiger partial charge on any atom is 0.411 e. The van der Waals surface area contributed by atoms with Crippen LogP contribution in [0.3, 0.4) is 0 Å². The van der Waals surface area contributed by atoms with Crippen LogP contribution in [0, 0.1) is 6.92 Å². The maximum atomic E-state index is 12.0. The van der Waals surface area contributed by atoms with Gasteiger partial charge in [-0.3, -0.25) is 19.8 Å². The minimum absolute atomic E-state index is 0.245. The zero-order valence-corrected chi connectivity index (χ0v) is 11.7. The molecule has 3 rings (SSSR count). The first-order valence-corrected chi connectivity index (χ1v) is 6.92. The number of benzene rings is 1. The first-order chi connectivity index (χ1) is 10.0. The molecule has 0 radical (unpaired) electrons. The van der Waals surface area contributed by atoms with Gasteiger partial charge in [0.2, 0.25) is 11.8 Å². The predicted octanol–water partition coefficient (Wildman–Crippen LogP) is 1.29. The number of ether oxygens (including phenoxy) is 1. The molecule has 2 aliphatic heterocycles. The predicted molar refractivity (Wildman–Crippen MR) is 73.3 cm³/mol. The van der Waals surface area contributed by atoms with Crippen LogP contribution in [0.4, 0.5) is 4.79 Å².